The smallest absolute Gasteiger partial charge is 0.303 e. The predicted octanol–water partition coefficient (Wildman–Crippen LogP) is 0.164. The second-order valence-corrected chi connectivity index (χ2v) is 2.81. The highest BCUT2D eigenvalue weighted by Gasteiger charge is 2.17. The molecule has 0 aromatic rings. The van der Waals surface area contributed by atoms with Gasteiger partial charge in [-0.05, 0) is 13.3 Å². The molecular formula is C8H14O5. The van der Waals surface area contributed by atoms with E-state index in [-0.39, 0.29) is 12.8 Å². The first-order valence-corrected chi connectivity index (χ1v) is 4.00. The SMILES string of the molecule is CC(=O)O[C@@H](C)[C@@H](O)CCC(=O)O. The molecule has 0 spiro atoms. The normalized spacial score (nSPS) is 14.7. The zero-order chi connectivity index (χ0) is 10.4. The molecule has 0 bridgehead atoms. The van der Waals surface area contributed by atoms with Gasteiger partial charge in [-0.25, -0.2) is 0 Å². The van der Waals surface area contributed by atoms with Crippen LogP contribution in [0.3, 0.4) is 0 Å². The molecule has 0 aliphatic heterocycles. The molecule has 0 aromatic heterocycles. The van der Waals surface area contributed by atoms with E-state index >= 15 is 0 Å². The van der Waals surface area contributed by atoms with Gasteiger partial charge < -0.3 is 14.9 Å². The van der Waals surface area contributed by atoms with Gasteiger partial charge in [0.2, 0.25) is 0 Å². The van der Waals surface area contributed by atoms with Crippen molar-refractivity contribution in [3.63, 3.8) is 0 Å². The second kappa shape index (κ2) is 5.53. The van der Waals surface area contributed by atoms with Crippen LogP contribution in [0.2, 0.25) is 0 Å². The van der Waals surface area contributed by atoms with Gasteiger partial charge in [0.1, 0.15) is 6.10 Å². The molecule has 0 unspecified atom stereocenters. The molecule has 0 rings (SSSR count). The van der Waals surface area contributed by atoms with Crippen LogP contribution in [0.1, 0.15) is 26.7 Å². The average molecular weight is 190 g/mol. The van der Waals surface area contributed by atoms with Crippen LogP contribution in [0.5, 0.6) is 0 Å². The Kier molecular flexibility index (Phi) is 5.06. The molecule has 0 heterocycles. The van der Waals surface area contributed by atoms with Crippen molar-refractivity contribution in [3.8, 4) is 0 Å². The lowest BCUT2D eigenvalue weighted by atomic mass is 10.1. The van der Waals surface area contributed by atoms with E-state index in [9.17, 15) is 14.7 Å². The lowest BCUT2D eigenvalue weighted by Gasteiger charge is -2.17. The summed E-state index contributed by atoms with van der Waals surface area (Å²) in [7, 11) is 0. The van der Waals surface area contributed by atoms with Crippen molar-refractivity contribution in [2.45, 2.75) is 38.9 Å². The van der Waals surface area contributed by atoms with Crippen molar-refractivity contribution in [1.82, 2.24) is 0 Å². The Bertz CT molecular complexity index is 189. The van der Waals surface area contributed by atoms with Crippen molar-refractivity contribution in [2.75, 3.05) is 0 Å². The molecule has 2 N–H and O–H groups in total. The maximum absolute atomic E-state index is 10.4. The Morgan fingerprint density at radius 2 is 2.00 bits per heavy atom. The third-order valence-electron chi connectivity index (χ3n) is 1.55. The van der Waals surface area contributed by atoms with E-state index in [0.717, 1.165) is 0 Å². The molecule has 0 fully saturated rings. The van der Waals surface area contributed by atoms with Gasteiger partial charge in [0.25, 0.3) is 0 Å². The van der Waals surface area contributed by atoms with Gasteiger partial charge in [0.05, 0.1) is 6.10 Å². The standard InChI is InChI=1S/C8H14O5/c1-5(13-6(2)9)7(10)3-4-8(11)12/h5,7,10H,3-4H2,1-2H3,(H,11,12)/t5-,7-/m0/s1. The molecule has 0 saturated heterocycles. The van der Waals surface area contributed by atoms with Crippen molar-refractivity contribution in [3.05, 3.63) is 0 Å². The number of hydrogen-bond donors (Lipinski definition) is 2. The minimum atomic E-state index is -0.978. The average Bonchev–Trinajstić information content (AvgIpc) is 1.98. The van der Waals surface area contributed by atoms with E-state index in [1.165, 1.54) is 13.8 Å². The number of carbonyl (C=O) groups excluding carboxylic acids is 1. The molecule has 0 saturated carbocycles. The molecular weight excluding hydrogens is 176 g/mol. The van der Waals surface area contributed by atoms with Crippen molar-refractivity contribution >= 4 is 11.9 Å². The third kappa shape index (κ3) is 6.10. The summed E-state index contributed by atoms with van der Waals surface area (Å²) in [6, 6.07) is 0. The fraction of sp³-hybridized carbons (Fsp3) is 0.750. The van der Waals surface area contributed by atoms with Crippen molar-refractivity contribution in [2.24, 2.45) is 0 Å². The first-order chi connectivity index (χ1) is 5.93. The van der Waals surface area contributed by atoms with Crippen LogP contribution in [0.25, 0.3) is 0 Å². The highest BCUT2D eigenvalue weighted by atomic mass is 16.6. The molecule has 5 nitrogen and oxygen atoms in total. The van der Waals surface area contributed by atoms with E-state index in [1.54, 1.807) is 0 Å². The number of aliphatic carboxylic acids is 1. The number of carboxylic acids is 1. The Balaban J connectivity index is 3.75. The van der Waals surface area contributed by atoms with E-state index in [2.05, 4.69) is 4.74 Å². The number of carbonyl (C=O) groups is 2. The lowest BCUT2D eigenvalue weighted by Crippen LogP contribution is -2.28. The summed E-state index contributed by atoms with van der Waals surface area (Å²) in [5.74, 6) is -1.46. The largest absolute Gasteiger partial charge is 0.481 e. The fourth-order valence-electron chi connectivity index (χ4n) is 0.846. The second-order valence-electron chi connectivity index (χ2n) is 2.81. The molecule has 0 radical (unpaired) electrons. The van der Waals surface area contributed by atoms with Crippen LogP contribution in [0, 0.1) is 0 Å². The summed E-state index contributed by atoms with van der Waals surface area (Å²) >= 11 is 0. The van der Waals surface area contributed by atoms with Crippen LogP contribution >= 0.6 is 0 Å². The zero-order valence-corrected chi connectivity index (χ0v) is 7.69. The Morgan fingerprint density at radius 1 is 1.46 bits per heavy atom. The van der Waals surface area contributed by atoms with E-state index in [1.807, 2.05) is 0 Å². The molecule has 5 heteroatoms. The number of rotatable bonds is 5. The van der Waals surface area contributed by atoms with Gasteiger partial charge in [-0.2, -0.15) is 0 Å². The summed E-state index contributed by atoms with van der Waals surface area (Å²) in [5.41, 5.74) is 0. The topological polar surface area (TPSA) is 83.8 Å². The fourth-order valence-corrected chi connectivity index (χ4v) is 0.846. The number of hydrogen-bond acceptors (Lipinski definition) is 4. The van der Waals surface area contributed by atoms with Gasteiger partial charge in [0, 0.05) is 13.3 Å². The first-order valence-electron chi connectivity index (χ1n) is 4.00. The Morgan fingerprint density at radius 3 is 2.38 bits per heavy atom. The number of aliphatic hydroxyl groups excluding tert-OH is 1. The monoisotopic (exact) mass is 190 g/mol. The number of ether oxygens (including phenoxy) is 1. The third-order valence-corrected chi connectivity index (χ3v) is 1.55. The van der Waals surface area contributed by atoms with E-state index < -0.39 is 24.1 Å². The van der Waals surface area contributed by atoms with Crippen LogP contribution in [0.4, 0.5) is 0 Å². The minimum absolute atomic E-state index is 0.0871. The zero-order valence-electron chi connectivity index (χ0n) is 7.69. The maximum atomic E-state index is 10.4. The quantitative estimate of drug-likeness (QED) is 0.603. The number of aliphatic hydroxyl groups is 1. The molecule has 0 aliphatic carbocycles. The van der Waals surface area contributed by atoms with E-state index in [4.69, 9.17) is 5.11 Å². The predicted molar refractivity (Wildman–Crippen MR) is 44.1 cm³/mol. The number of esters is 1. The highest BCUT2D eigenvalue weighted by Crippen LogP contribution is 2.06. The summed E-state index contributed by atoms with van der Waals surface area (Å²) < 4.78 is 4.66. The first kappa shape index (κ1) is 11.9. The molecule has 0 aliphatic rings. The van der Waals surface area contributed by atoms with Gasteiger partial charge >= 0.3 is 11.9 Å². The van der Waals surface area contributed by atoms with Gasteiger partial charge in [0.15, 0.2) is 0 Å². The van der Waals surface area contributed by atoms with Crippen LogP contribution in [-0.4, -0.2) is 34.4 Å². The molecule has 76 valence electrons. The number of carboxylic acid groups (broad SMARTS) is 1. The Labute approximate surface area is 76.3 Å². The minimum Gasteiger partial charge on any atom is -0.481 e. The maximum Gasteiger partial charge on any atom is 0.303 e. The van der Waals surface area contributed by atoms with Gasteiger partial charge in [-0.15, -0.1) is 0 Å². The Hall–Kier alpha value is -1.10. The molecule has 2 atom stereocenters. The van der Waals surface area contributed by atoms with Crippen molar-refractivity contribution in [1.29, 1.82) is 0 Å². The summed E-state index contributed by atoms with van der Waals surface area (Å²) in [6.45, 7) is 2.76. The van der Waals surface area contributed by atoms with Crippen LogP contribution < -0.4 is 0 Å². The van der Waals surface area contributed by atoms with Crippen molar-refractivity contribution < 1.29 is 24.5 Å². The highest BCUT2D eigenvalue weighted by molar-refractivity contribution is 5.67. The van der Waals surface area contributed by atoms with Gasteiger partial charge in [-0.1, -0.05) is 0 Å². The lowest BCUT2D eigenvalue weighted by molar-refractivity contribution is -0.151. The molecule has 0 aromatic carbocycles. The van der Waals surface area contributed by atoms with Crippen LogP contribution in [-0.2, 0) is 14.3 Å². The van der Waals surface area contributed by atoms with Gasteiger partial charge in [-0.3, -0.25) is 9.59 Å². The molecule has 13 heavy (non-hydrogen) atoms. The molecule has 0 amide bonds. The van der Waals surface area contributed by atoms with Crippen LogP contribution in [0.15, 0.2) is 0 Å². The van der Waals surface area contributed by atoms with E-state index in [0.29, 0.717) is 0 Å². The summed E-state index contributed by atoms with van der Waals surface area (Å²) in [4.78, 5) is 20.6. The summed E-state index contributed by atoms with van der Waals surface area (Å²) in [6.07, 6.45) is -1.62. The summed E-state index contributed by atoms with van der Waals surface area (Å²) in [5, 5.41) is 17.6.